The summed E-state index contributed by atoms with van der Waals surface area (Å²) in [5, 5.41) is 8.95. The van der Waals surface area contributed by atoms with Gasteiger partial charge in [-0.05, 0) is 13.0 Å². The number of rotatable bonds is 3. The summed E-state index contributed by atoms with van der Waals surface area (Å²) in [7, 11) is 0. The topological polar surface area (TPSA) is 46.2 Å². The van der Waals surface area contributed by atoms with E-state index in [0.717, 1.165) is 6.07 Å². The van der Waals surface area contributed by atoms with E-state index in [9.17, 15) is 17.6 Å². The third-order valence-electron chi connectivity index (χ3n) is 2.48. The van der Waals surface area contributed by atoms with Gasteiger partial charge in [0, 0.05) is 17.5 Å². The van der Waals surface area contributed by atoms with Gasteiger partial charge in [0.25, 0.3) is 0 Å². The monoisotopic (exact) mass is 251 g/mol. The lowest BCUT2D eigenvalue weighted by atomic mass is 9.87. The Kier molecular flexibility index (Phi) is 3.78. The molecule has 1 aromatic rings. The summed E-state index contributed by atoms with van der Waals surface area (Å²) in [4.78, 5) is 0. The standard InChI is InChI=1S/C11H13F4NO/c1-10(16,6-9(17)11(13,14)15)7-4-2-3-5-8(7)12/h2-5,9,17H,6,16H2,1H3/t9-,10+/m1/s1. The molecule has 96 valence electrons. The minimum Gasteiger partial charge on any atom is -0.384 e. The first-order chi connectivity index (χ1) is 7.64. The molecule has 0 amide bonds. The minimum atomic E-state index is -4.76. The first-order valence-electron chi connectivity index (χ1n) is 4.93. The largest absolute Gasteiger partial charge is 0.414 e. The molecule has 0 aliphatic rings. The molecule has 0 spiro atoms. The molecule has 0 aromatic heterocycles. The second-order valence-corrected chi connectivity index (χ2v) is 4.16. The fourth-order valence-electron chi connectivity index (χ4n) is 1.55. The molecule has 6 heteroatoms. The van der Waals surface area contributed by atoms with Crippen LogP contribution in [0.5, 0.6) is 0 Å². The number of nitrogens with two attached hydrogens (primary N) is 1. The normalized spacial score (nSPS) is 17.6. The van der Waals surface area contributed by atoms with E-state index in [1.54, 1.807) is 0 Å². The molecule has 1 rings (SSSR count). The number of hydrogen-bond acceptors (Lipinski definition) is 2. The van der Waals surface area contributed by atoms with Crippen LogP contribution in [0.4, 0.5) is 17.6 Å². The van der Waals surface area contributed by atoms with Crippen LogP contribution >= 0.6 is 0 Å². The number of benzene rings is 1. The van der Waals surface area contributed by atoms with Gasteiger partial charge < -0.3 is 10.8 Å². The average Bonchev–Trinajstić information content (AvgIpc) is 2.15. The van der Waals surface area contributed by atoms with Crippen molar-refractivity contribution in [3.8, 4) is 0 Å². The molecule has 1 aromatic carbocycles. The summed E-state index contributed by atoms with van der Waals surface area (Å²) in [6, 6.07) is 5.30. The SMILES string of the molecule is C[C@](N)(C[C@@H](O)C(F)(F)F)c1ccccc1F. The Hall–Kier alpha value is -1.14. The van der Waals surface area contributed by atoms with Gasteiger partial charge in [-0.1, -0.05) is 18.2 Å². The van der Waals surface area contributed by atoms with E-state index in [2.05, 4.69) is 0 Å². The summed E-state index contributed by atoms with van der Waals surface area (Å²) in [5.41, 5.74) is 4.00. The predicted molar refractivity (Wildman–Crippen MR) is 54.6 cm³/mol. The van der Waals surface area contributed by atoms with Crippen molar-refractivity contribution in [2.24, 2.45) is 5.73 Å². The van der Waals surface area contributed by atoms with Gasteiger partial charge in [-0.3, -0.25) is 0 Å². The van der Waals surface area contributed by atoms with E-state index < -0.39 is 30.1 Å². The highest BCUT2D eigenvalue weighted by atomic mass is 19.4. The van der Waals surface area contributed by atoms with E-state index in [1.165, 1.54) is 25.1 Å². The van der Waals surface area contributed by atoms with Crippen molar-refractivity contribution in [3.05, 3.63) is 35.6 Å². The van der Waals surface area contributed by atoms with Crippen LogP contribution in [0.1, 0.15) is 18.9 Å². The van der Waals surface area contributed by atoms with Crippen LogP contribution in [0.3, 0.4) is 0 Å². The van der Waals surface area contributed by atoms with Crippen molar-refractivity contribution in [1.29, 1.82) is 0 Å². The molecule has 17 heavy (non-hydrogen) atoms. The molecule has 0 bridgehead atoms. The lowest BCUT2D eigenvalue weighted by molar-refractivity contribution is -0.209. The zero-order valence-electron chi connectivity index (χ0n) is 9.13. The van der Waals surface area contributed by atoms with Gasteiger partial charge in [-0.15, -0.1) is 0 Å². The molecule has 0 radical (unpaired) electrons. The highest BCUT2D eigenvalue weighted by molar-refractivity contribution is 5.25. The third-order valence-corrected chi connectivity index (χ3v) is 2.48. The summed E-state index contributed by atoms with van der Waals surface area (Å²) >= 11 is 0. The molecule has 2 atom stereocenters. The quantitative estimate of drug-likeness (QED) is 0.810. The summed E-state index contributed by atoms with van der Waals surface area (Å²) in [6.45, 7) is 1.25. The second-order valence-electron chi connectivity index (χ2n) is 4.16. The summed E-state index contributed by atoms with van der Waals surface area (Å²) < 4.78 is 50.0. The molecule has 3 N–H and O–H groups in total. The Balaban J connectivity index is 2.93. The van der Waals surface area contributed by atoms with Crippen molar-refractivity contribution in [2.75, 3.05) is 0 Å². The molecular formula is C11H13F4NO. The Bertz CT molecular complexity index is 389. The molecule has 0 saturated carbocycles. The van der Waals surface area contributed by atoms with Gasteiger partial charge in [-0.2, -0.15) is 13.2 Å². The van der Waals surface area contributed by atoms with Gasteiger partial charge in [0.1, 0.15) is 5.82 Å². The lowest BCUT2D eigenvalue weighted by Gasteiger charge is -2.29. The Morgan fingerprint density at radius 2 is 1.82 bits per heavy atom. The van der Waals surface area contributed by atoms with Crippen molar-refractivity contribution >= 4 is 0 Å². The zero-order valence-corrected chi connectivity index (χ0v) is 9.13. The molecule has 0 saturated heterocycles. The molecule has 0 aliphatic carbocycles. The highest BCUT2D eigenvalue weighted by Crippen LogP contribution is 2.31. The molecule has 0 unspecified atom stereocenters. The van der Waals surface area contributed by atoms with E-state index in [0.29, 0.717) is 0 Å². The van der Waals surface area contributed by atoms with Crippen molar-refractivity contribution in [2.45, 2.75) is 31.2 Å². The van der Waals surface area contributed by atoms with Gasteiger partial charge in [0.2, 0.25) is 0 Å². The smallest absolute Gasteiger partial charge is 0.384 e. The third kappa shape index (κ3) is 3.41. The molecule has 0 fully saturated rings. The number of halogens is 4. The van der Waals surface area contributed by atoms with Crippen LogP contribution in [-0.2, 0) is 5.54 Å². The van der Waals surface area contributed by atoms with Crippen LogP contribution in [0.15, 0.2) is 24.3 Å². The maximum Gasteiger partial charge on any atom is 0.414 e. The van der Waals surface area contributed by atoms with Crippen LogP contribution in [0, 0.1) is 5.82 Å². The van der Waals surface area contributed by atoms with Crippen molar-refractivity contribution in [3.63, 3.8) is 0 Å². The molecule has 2 nitrogen and oxygen atoms in total. The predicted octanol–water partition coefficient (Wildman–Crippen LogP) is 2.31. The van der Waals surface area contributed by atoms with E-state index in [-0.39, 0.29) is 5.56 Å². The van der Waals surface area contributed by atoms with Crippen LogP contribution in [0.25, 0.3) is 0 Å². The maximum absolute atomic E-state index is 13.4. The highest BCUT2D eigenvalue weighted by Gasteiger charge is 2.42. The maximum atomic E-state index is 13.4. The zero-order chi connectivity index (χ0) is 13.3. The van der Waals surface area contributed by atoms with E-state index in [4.69, 9.17) is 10.8 Å². The molecular weight excluding hydrogens is 238 g/mol. The lowest BCUT2D eigenvalue weighted by Crippen LogP contribution is -2.42. The van der Waals surface area contributed by atoms with Crippen LogP contribution in [-0.4, -0.2) is 17.4 Å². The van der Waals surface area contributed by atoms with Crippen molar-refractivity contribution < 1.29 is 22.7 Å². The Morgan fingerprint density at radius 1 is 1.29 bits per heavy atom. The van der Waals surface area contributed by atoms with Crippen LogP contribution in [0.2, 0.25) is 0 Å². The summed E-state index contributed by atoms with van der Waals surface area (Å²) in [5.74, 6) is -0.688. The van der Waals surface area contributed by atoms with Gasteiger partial charge >= 0.3 is 6.18 Å². The van der Waals surface area contributed by atoms with Gasteiger partial charge in [0.05, 0.1) is 0 Å². The Labute approximate surface area is 96.1 Å². The number of alkyl halides is 3. The Morgan fingerprint density at radius 3 is 2.29 bits per heavy atom. The number of aliphatic hydroxyl groups is 1. The molecule has 0 heterocycles. The van der Waals surface area contributed by atoms with Gasteiger partial charge in [-0.25, -0.2) is 4.39 Å². The second kappa shape index (κ2) is 4.62. The van der Waals surface area contributed by atoms with E-state index >= 15 is 0 Å². The van der Waals surface area contributed by atoms with Crippen molar-refractivity contribution in [1.82, 2.24) is 0 Å². The first-order valence-corrected chi connectivity index (χ1v) is 4.93. The fraction of sp³-hybridized carbons (Fsp3) is 0.455. The molecule has 0 aliphatic heterocycles. The van der Waals surface area contributed by atoms with Gasteiger partial charge in [0.15, 0.2) is 6.10 Å². The van der Waals surface area contributed by atoms with Crippen LogP contribution < -0.4 is 5.73 Å². The summed E-state index contributed by atoms with van der Waals surface area (Å²) in [6.07, 6.45) is -8.12. The number of aliphatic hydroxyl groups excluding tert-OH is 1. The van der Waals surface area contributed by atoms with E-state index in [1.807, 2.05) is 0 Å². The first kappa shape index (κ1) is 13.9. The average molecular weight is 251 g/mol. The fourth-order valence-corrected chi connectivity index (χ4v) is 1.55. The minimum absolute atomic E-state index is 0.0525. The number of hydrogen-bond donors (Lipinski definition) is 2.